The Hall–Kier alpha value is -1.63. The van der Waals surface area contributed by atoms with Gasteiger partial charge in [0.15, 0.2) is 6.29 Å². The Bertz CT molecular complexity index is 612. The van der Waals surface area contributed by atoms with Crippen molar-refractivity contribution in [2.45, 2.75) is 32.1 Å². The van der Waals surface area contributed by atoms with Crippen LogP contribution in [0.4, 0.5) is 10.5 Å². The summed E-state index contributed by atoms with van der Waals surface area (Å²) in [5.74, 6) is 0.507. The Balaban J connectivity index is 1.69. The van der Waals surface area contributed by atoms with E-state index in [-0.39, 0.29) is 18.4 Å². The molecule has 0 aromatic heterocycles. The predicted molar refractivity (Wildman–Crippen MR) is 95.6 cm³/mol. The first-order chi connectivity index (χ1) is 12.3. The van der Waals surface area contributed by atoms with E-state index < -0.39 is 0 Å². The molecule has 0 spiro atoms. The van der Waals surface area contributed by atoms with E-state index in [4.69, 9.17) is 9.47 Å². The van der Waals surface area contributed by atoms with Crippen LogP contribution in [0.3, 0.4) is 0 Å². The van der Waals surface area contributed by atoms with Crippen molar-refractivity contribution in [3.8, 4) is 0 Å². The highest BCUT2D eigenvalue weighted by Crippen LogP contribution is 2.43. The summed E-state index contributed by atoms with van der Waals surface area (Å²) in [7, 11) is 0. The average molecular weight is 345 g/mol. The van der Waals surface area contributed by atoms with E-state index in [0.29, 0.717) is 32.2 Å². The van der Waals surface area contributed by atoms with Crippen LogP contribution in [0.1, 0.15) is 31.4 Å². The molecule has 0 saturated carbocycles. The molecular weight excluding hydrogens is 318 g/mol. The van der Waals surface area contributed by atoms with Crippen LogP contribution in [-0.4, -0.2) is 56.6 Å². The molecule has 1 atom stereocenters. The highest BCUT2D eigenvalue weighted by molar-refractivity contribution is 5.95. The number of piperidine rings is 1. The quantitative estimate of drug-likeness (QED) is 0.910. The maximum Gasteiger partial charge on any atom is 0.325 e. The van der Waals surface area contributed by atoms with Gasteiger partial charge in [0.25, 0.3) is 0 Å². The van der Waals surface area contributed by atoms with Crippen molar-refractivity contribution in [3.63, 3.8) is 0 Å². The van der Waals surface area contributed by atoms with Gasteiger partial charge in [-0.3, -0.25) is 4.90 Å². The maximum atomic E-state index is 13.3. The van der Waals surface area contributed by atoms with Crippen LogP contribution in [0.2, 0.25) is 0 Å². The van der Waals surface area contributed by atoms with Crippen molar-refractivity contribution < 1.29 is 14.3 Å². The topological polar surface area (TPSA) is 54.0 Å². The summed E-state index contributed by atoms with van der Waals surface area (Å²) in [5, 5.41) is 3.43. The standard InChI is InChI=1S/C19H27N3O3/c1-2-21-18(14-7-9-20-10-8-14)15-5-3-4-6-16(15)22(19(21)23)13-17-24-11-12-25-17/h3-6,14,17-18,20H,2,7-13H2,1H3. The number of rotatable bonds is 4. The summed E-state index contributed by atoms with van der Waals surface area (Å²) in [6, 6.07) is 8.57. The summed E-state index contributed by atoms with van der Waals surface area (Å²) < 4.78 is 11.2. The van der Waals surface area contributed by atoms with Crippen molar-refractivity contribution in [1.82, 2.24) is 10.2 Å². The summed E-state index contributed by atoms with van der Waals surface area (Å²) in [6.07, 6.45) is 1.89. The molecule has 6 nitrogen and oxygen atoms in total. The first-order valence-corrected chi connectivity index (χ1v) is 9.40. The number of amides is 2. The van der Waals surface area contributed by atoms with Gasteiger partial charge < -0.3 is 19.7 Å². The molecule has 6 heteroatoms. The molecule has 1 aromatic carbocycles. The lowest BCUT2D eigenvalue weighted by atomic mass is 9.83. The molecule has 4 rings (SSSR count). The first-order valence-electron chi connectivity index (χ1n) is 9.40. The smallest absolute Gasteiger partial charge is 0.325 e. The van der Waals surface area contributed by atoms with Gasteiger partial charge in [-0.05, 0) is 50.4 Å². The molecule has 136 valence electrons. The van der Waals surface area contributed by atoms with Crippen LogP contribution in [0.15, 0.2) is 24.3 Å². The molecule has 3 heterocycles. The Morgan fingerprint density at radius 2 is 1.88 bits per heavy atom. The molecule has 0 bridgehead atoms. The van der Waals surface area contributed by atoms with Crippen LogP contribution in [0.25, 0.3) is 0 Å². The van der Waals surface area contributed by atoms with E-state index in [0.717, 1.165) is 31.6 Å². The minimum Gasteiger partial charge on any atom is -0.348 e. The third-order valence-electron chi connectivity index (χ3n) is 5.55. The molecule has 1 aromatic rings. The van der Waals surface area contributed by atoms with Crippen molar-refractivity contribution in [1.29, 1.82) is 0 Å². The van der Waals surface area contributed by atoms with Crippen LogP contribution in [0.5, 0.6) is 0 Å². The number of carbonyl (C=O) groups is 1. The van der Waals surface area contributed by atoms with Gasteiger partial charge in [0.05, 0.1) is 31.5 Å². The fourth-order valence-corrected chi connectivity index (χ4v) is 4.37. The fraction of sp³-hybridized carbons (Fsp3) is 0.632. The second kappa shape index (κ2) is 7.32. The number of hydrogen-bond donors (Lipinski definition) is 1. The normalized spacial score (nSPS) is 25.5. The van der Waals surface area contributed by atoms with Gasteiger partial charge in [0.1, 0.15) is 0 Å². The van der Waals surface area contributed by atoms with Gasteiger partial charge in [-0.25, -0.2) is 4.79 Å². The number of nitrogens with one attached hydrogen (secondary N) is 1. The van der Waals surface area contributed by atoms with Gasteiger partial charge in [-0.2, -0.15) is 0 Å². The van der Waals surface area contributed by atoms with Crippen LogP contribution in [-0.2, 0) is 9.47 Å². The molecule has 25 heavy (non-hydrogen) atoms. The third-order valence-corrected chi connectivity index (χ3v) is 5.55. The molecule has 2 amide bonds. The minimum absolute atomic E-state index is 0.0730. The largest absolute Gasteiger partial charge is 0.348 e. The minimum atomic E-state index is -0.328. The lowest BCUT2D eigenvalue weighted by molar-refractivity contribution is -0.0342. The summed E-state index contributed by atoms with van der Waals surface area (Å²) in [4.78, 5) is 17.2. The summed E-state index contributed by atoms with van der Waals surface area (Å²) in [5.41, 5.74) is 2.27. The monoisotopic (exact) mass is 345 g/mol. The van der Waals surface area contributed by atoms with E-state index in [1.54, 1.807) is 0 Å². The number of carbonyl (C=O) groups excluding carboxylic acids is 1. The summed E-state index contributed by atoms with van der Waals surface area (Å²) >= 11 is 0. The van der Waals surface area contributed by atoms with Crippen LogP contribution < -0.4 is 10.2 Å². The van der Waals surface area contributed by atoms with E-state index in [2.05, 4.69) is 30.4 Å². The van der Waals surface area contributed by atoms with Gasteiger partial charge in [0, 0.05) is 6.54 Å². The van der Waals surface area contributed by atoms with Crippen molar-refractivity contribution in [3.05, 3.63) is 29.8 Å². The molecular formula is C19H27N3O3. The lowest BCUT2D eigenvalue weighted by Gasteiger charge is -2.46. The zero-order chi connectivity index (χ0) is 17.2. The number of urea groups is 1. The Kier molecular flexibility index (Phi) is 4.92. The zero-order valence-corrected chi connectivity index (χ0v) is 14.8. The highest BCUT2D eigenvalue weighted by Gasteiger charge is 2.41. The Morgan fingerprint density at radius 3 is 2.60 bits per heavy atom. The molecule has 1 N–H and O–H groups in total. The molecule has 0 radical (unpaired) electrons. The number of benzene rings is 1. The number of anilines is 1. The van der Waals surface area contributed by atoms with Crippen molar-refractivity contribution in [2.75, 3.05) is 44.3 Å². The first kappa shape index (κ1) is 16.8. The third kappa shape index (κ3) is 3.14. The average Bonchev–Trinajstić information content (AvgIpc) is 3.17. The summed E-state index contributed by atoms with van der Waals surface area (Å²) in [6.45, 7) is 6.49. The maximum absolute atomic E-state index is 13.3. The number of ether oxygens (including phenoxy) is 2. The Labute approximate surface area is 149 Å². The molecule has 2 saturated heterocycles. The SMILES string of the molecule is CCN1C(=O)N(CC2OCCO2)c2ccccc2C1C1CCNCC1. The molecule has 1 unspecified atom stereocenters. The molecule has 3 aliphatic rings. The van der Waals surface area contributed by atoms with Gasteiger partial charge in [-0.1, -0.05) is 18.2 Å². The predicted octanol–water partition coefficient (Wildman–Crippen LogP) is 2.36. The second-order valence-corrected chi connectivity index (χ2v) is 6.94. The van der Waals surface area contributed by atoms with Crippen molar-refractivity contribution in [2.24, 2.45) is 5.92 Å². The molecule has 3 aliphatic heterocycles. The van der Waals surface area contributed by atoms with E-state index in [1.807, 2.05) is 15.9 Å². The van der Waals surface area contributed by atoms with Gasteiger partial charge in [-0.15, -0.1) is 0 Å². The number of fused-ring (bicyclic) bond motifs is 1. The highest BCUT2D eigenvalue weighted by atomic mass is 16.7. The Morgan fingerprint density at radius 1 is 1.16 bits per heavy atom. The number of nitrogens with zero attached hydrogens (tertiary/aromatic N) is 2. The van der Waals surface area contributed by atoms with Crippen LogP contribution >= 0.6 is 0 Å². The van der Waals surface area contributed by atoms with Gasteiger partial charge in [0.2, 0.25) is 0 Å². The molecule has 2 fully saturated rings. The number of para-hydroxylation sites is 1. The van der Waals surface area contributed by atoms with E-state index in [1.165, 1.54) is 5.56 Å². The second-order valence-electron chi connectivity index (χ2n) is 6.94. The fourth-order valence-electron chi connectivity index (χ4n) is 4.37. The van der Waals surface area contributed by atoms with E-state index in [9.17, 15) is 4.79 Å². The lowest BCUT2D eigenvalue weighted by Crippen LogP contribution is -2.54. The zero-order valence-electron chi connectivity index (χ0n) is 14.8. The van der Waals surface area contributed by atoms with Gasteiger partial charge >= 0.3 is 6.03 Å². The van der Waals surface area contributed by atoms with Crippen molar-refractivity contribution >= 4 is 11.7 Å². The van der Waals surface area contributed by atoms with E-state index >= 15 is 0 Å². The van der Waals surface area contributed by atoms with Crippen LogP contribution in [0, 0.1) is 5.92 Å². The molecule has 0 aliphatic carbocycles. The number of hydrogen-bond acceptors (Lipinski definition) is 4.